The second-order valence-electron chi connectivity index (χ2n) is 2.91. The minimum Gasteiger partial charge on any atom is -0.387 e. The van der Waals surface area contributed by atoms with Crippen molar-refractivity contribution in [2.75, 3.05) is 12.0 Å². The Morgan fingerprint density at radius 1 is 1.54 bits per heavy atom. The summed E-state index contributed by atoms with van der Waals surface area (Å²) in [5, 5.41) is 9.68. The van der Waals surface area contributed by atoms with Gasteiger partial charge < -0.3 is 5.11 Å². The van der Waals surface area contributed by atoms with Gasteiger partial charge in [-0.05, 0) is 37.0 Å². The quantitative estimate of drug-likeness (QED) is 0.735. The van der Waals surface area contributed by atoms with Crippen LogP contribution in [-0.4, -0.2) is 22.1 Å². The summed E-state index contributed by atoms with van der Waals surface area (Å²) in [5.74, 6) is 1.10. The number of thioether (sulfide) groups is 1. The Hall–Kier alpha value is -0.540. The van der Waals surface area contributed by atoms with Crippen LogP contribution >= 0.6 is 11.8 Å². The predicted molar refractivity (Wildman–Crippen MR) is 56.8 cm³/mol. The molecule has 0 aliphatic heterocycles. The number of aliphatic hydroxyl groups excluding tert-OH is 1. The van der Waals surface area contributed by atoms with Gasteiger partial charge in [-0.3, -0.25) is 4.98 Å². The largest absolute Gasteiger partial charge is 0.387 e. The maximum Gasteiger partial charge on any atom is 0.0960 e. The van der Waals surface area contributed by atoms with Gasteiger partial charge in [0, 0.05) is 6.20 Å². The lowest BCUT2D eigenvalue weighted by atomic mass is 10.1. The predicted octanol–water partition coefficient (Wildman–Crippen LogP) is 2.26. The third-order valence-electron chi connectivity index (χ3n) is 1.86. The number of aromatic nitrogens is 1. The van der Waals surface area contributed by atoms with Crippen molar-refractivity contribution >= 4 is 11.8 Å². The molecule has 2 nitrogen and oxygen atoms in total. The van der Waals surface area contributed by atoms with Crippen LogP contribution < -0.4 is 0 Å². The standard InChI is InChI=1S/C10H15NOS/c1-13-8-4-6-10(12)9-5-2-3-7-11-9/h2-3,5,7,10,12H,4,6,8H2,1H3. The molecule has 0 aromatic carbocycles. The molecule has 0 saturated heterocycles. The van der Waals surface area contributed by atoms with E-state index < -0.39 is 6.10 Å². The van der Waals surface area contributed by atoms with Gasteiger partial charge in [-0.15, -0.1) is 0 Å². The molecule has 0 fully saturated rings. The zero-order valence-corrected chi connectivity index (χ0v) is 8.63. The molecule has 1 aromatic heterocycles. The van der Waals surface area contributed by atoms with Crippen molar-refractivity contribution in [2.24, 2.45) is 0 Å². The van der Waals surface area contributed by atoms with Crippen LogP contribution in [0.3, 0.4) is 0 Å². The number of aliphatic hydroxyl groups is 1. The molecule has 0 bridgehead atoms. The normalized spacial score (nSPS) is 12.8. The maximum absolute atomic E-state index is 9.68. The van der Waals surface area contributed by atoms with E-state index in [0.29, 0.717) is 0 Å². The molecule has 1 unspecified atom stereocenters. The highest BCUT2D eigenvalue weighted by Crippen LogP contribution is 2.16. The van der Waals surface area contributed by atoms with E-state index in [4.69, 9.17) is 0 Å². The lowest BCUT2D eigenvalue weighted by Gasteiger charge is -2.08. The Labute approximate surface area is 83.4 Å². The van der Waals surface area contributed by atoms with Crippen LogP contribution in [0.1, 0.15) is 24.6 Å². The van der Waals surface area contributed by atoms with Crippen molar-refractivity contribution in [3.63, 3.8) is 0 Å². The second-order valence-corrected chi connectivity index (χ2v) is 3.89. The minimum absolute atomic E-state index is 0.395. The SMILES string of the molecule is CSCCCC(O)c1ccccn1. The smallest absolute Gasteiger partial charge is 0.0960 e. The van der Waals surface area contributed by atoms with Crippen LogP contribution in [0.4, 0.5) is 0 Å². The maximum atomic E-state index is 9.68. The zero-order valence-electron chi connectivity index (χ0n) is 7.81. The molecule has 0 spiro atoms. The highest BCUT2D eigenvalue weighted by atomic mass is 32.2. The van der Waals surface area contributed by atoms with Gasteiger partial charge in [-0.25, -0.2) is 0 Å². The third kappa shape index (κ3) is 3.79. The van der Waals surface area contributed by atoms with Crippen molar-refractivity contribution in [2.45, 2.75) is 18.9 Å². The van der Waals surface area contributed by atoms with Gasteiger partial charge in [0.2, 0.25) is 0 Å². The minimum atomic E-state index is -0.395. The van der Waals surface area contributed by atoms with Crippen LogP contribution in [-0.2, 0) is 0 Å². The summed E-state index contributed by atoms with van der Waals surface area (Å²) >= 11 is 1.81. The lowest BCUT2D eigenvalue weighted by molar-refractivity contribution is 0.162. The molecule has 0 aliphatic rings. The summed E-state index contributed by atoms with van der Waals surface area (Å²) in [4.78, 5) is 4.10. The van der Waals surface area contributed by atoms with Crippen molar-refractivity contribution in [3.05, 3.63) is 30.1 Å². The summed E-state index contributed by atoms with van der Waals surface area (Å²) < 4.78 is 0. The van der Waals surface area contributed by atoms with E-state index in [1.165, 1.54) is 0 Å². The monoisotopic (exact) mass is 197 g/mol. The first-order valence-corrected chi connectivity index (χ1v) is 5.82. The first-order valence-electron chi connectivity index (χ1n) is 4.42. The first kappa shape index (κ1) is 10.5. The third-order valence-corrected chi connectivity index (χ3v) is 2.55. The van der Waals surface area contributed by atoms with Crippen LogP contribution in [0.5, 0.6) is 0 Å². The van der Waals surface area contributed by atoms with Crippen molar-refractivity contribution in [3.8, 4) is 0 Å². The molecular formula is C10H15NOS. The first-order chi connectivity index (χ1) is 6.34. The highest BCUT2D eigenvalue weighted by Gasteiger charge is 2.06. The van der Waals surface area contributed by atoms with Crippen molar-refractivity contribution < 1.29 is 5.11 Å². The number of hydrogen-bond acceptors (Lipinski definition) is 3. The van der Waals surface area contributed by atoms with Gasteiger partial charge in [-0.1, -0.05) is 6.07 Å². The molecule has 0 aliphatic carbocycles. The molecular weight excluding hydrogens is 182 g/mol. The zero-order chi connectivity index (χ0) is 9.52. The number of pyridine rings is 1. The average Bonchev–Trinajstić information content (AvgIpc) is 2.19. The molecule has 3 heteroatoms. The summed E-state index contributed by atoms with van der Waals surface area (Å²) in [6, 6.07) is 5.63. The number of rotatable bonds is 5. The Morgan fingerprint density at radius 2 is 2.38 bits per heavy atom. The van der Waals surface area contributed by atoms with Gasteiger partial charge in [0.25, 0.3) is 0 Å². The molecule has 1 heterocycles. The molecule has 0 saturated carbocycles. The molecule has 1 rings (SSSR count). The fourth-order valence-corrected chi connectivity index (χ4v) is 1.60. The van der Waals surface area contributed by atoms with Crippen molar-refractivity contribution in [1.82, 2.24) is 4.98 Å². The molecule has 13 heavy (non-hydrogen) atoms. The molecule has 72 valence electrons. The van der Waals surface area contributed by atoms with Crippen LogP contribution in [0, 0.1) is 0 Å². The Balaban J connectivity index is 2.35. The van der Waals surface area contributed by atoms with Gasteiger partial charge in [0.15, 0.2) is 0 Å². The summed E-state index contributed by atoms with van der Waals surface area (Å²) in [6.07, 6.45) is 5.24. The Kier molecular flexibility index (Phi) is 4.86. The number of hydrogen-bond donors (Lipinski definition) is 1. The van der Waals surface area contributed by atoms with Gasteiger partial charge in [-0.2, -0.15) is 11.8 Å². The van der Waals surface area contributed by atoms with E-state index in [2.05, 4.69) is 11.2 Å². The fraction of sp³-hybridized carbons (Fsp3) is 0.500. The van der Waals surface area contributed by atoms with E-state index in [0.717, 1.165) is 24.3 Å². The summed E-state index contributed by atoms with van der Waals surface area (Å²) in [6.45, 7) is 0. The highest BCUT2D eigenvalue weighted by molar-refractivity contribution is 7.98. The Bertz CT molecular complexity index is 228. The van der Waals surface area contributed by atoms with E-state index in [9.17, 15) is 5.11 Å². The second kappa shape index (κ2) is 6.00. The van der Waals surface area contributed by atoms with Crippen LogP contribution in [0.2, 0.25) is 0 Å². The topological polar surface area (TPSA) is 33.1 Å². The number of nitrogens with zero attached hydrogens (tertiary/aromatic N) is 1. The van der Waals surface area contributed by atoms with Crippen LogP contribution in [0.25, 0.3) is 0 Å². The van der Waals surface area contributed by atoms with E-state index in [1.54, 1.807) is 6.20 Å². The van der Waals surface area contributed by atoms with Gasteiger partial charge in [0.1, 0.15) is 0 Å². The van der Waals surface area contributed by atoms with E-state index in [1.807, 2.05) is 30.0 Å². The molecule has 1 N–H and O–H groups in total. The van der Waals surface area contributed by atoms with Crippen molar-refractivity contribution in [1.29, 1.82) is 0 Å². The lowest BCUT2D eigenvalue weighted by Crippen LogP contribution is -2.00. The van der Waals surface area contributed by atoms with Gasteiger partial charge >= 0.3 is 0 Å². The van der Waals surface area contributed by atoms with E-state index >= 15 is 0 Å². The summed E-state index contributed by atoms with van der Waals surface area (Å²) in [5.41, 5.74) is 0.781. The molecule has 0 radical (unpaired) electrons. The van der Waals surface area contributed by atoms with Gasteiger partial charge in [0.05, 0.1) is 11.8 Å². The summed E-state index contributed by atoms with van der Waals surface area (Å²) in [7, 11) is 0. The fourth-order valence-electron chi connectivity index (χ4n) is 1.14. The molecule has 1 atom stereocenters. The average molecular weight is 197 g/mol. The Morgan fingerprint density at radius 3 is 3.00 bits per heavy atom. The molecule has 0 amide bonds. The molecule has 1 aromatic rings. The van der Waals surface area contributed by atoms with E-state index in [-0.39, 0.29) is 0 Å². The van der Waals surface area contributed by atoms with Crippen LogP contribution in [0.15, 0.2) is 24.4 Å².